The molecule has 4 N–H and O–H groups in total. The van der Waals surface area contributed by atoms with Crippen molar-refractivity contribution >= 4 is 34.5 Å². The lowest BCUT2D eigenvalue weighted by Crippen LogP contribution is -2.28. The SMILES string of the molecule is NC(=O)C1CCC(n2cnc3c(N)nc(Cl)nc32)CC1. The summed E-state index contributed by atoms with van der Waals surface area (Å²) in [5.74, 6) is 0.0439. The zero-order valence-electron chi connectivity index (χ0n) is 10.8. The number of hydrogen-bond acceptors (Lipinski definition) is 5. The molecule has 8 heteroatoms. The smallest absolute Gasteiger partial charge is 0.226 e. The van der Waals surface area contributed by atoms with E-state index >= 15 is 0 Å². The van der Waals surface area contributed by atoms with Crippen LogP contribution in [0, 0.1) is 5.92 Å². The van der Waals surface area contributed by atoms with Crippen LogP contribution < -0.4 is 11.5 Å². The van der Waals surface area contributed by atoms with Gasteiger partial charge in [-0.15, -0.1) is 0 Å². The van der Waals surface area contributed by atoms with Crippen LogP contribution in [-0.4, -0.2) is 25.4 Å². The van der Waals surface area contributed by atoms with Gasteiger partial charge in [-0.1, -0.05) is 0 Å². The van der Waals surface area contributed by atoms with Crippen molar-refractivity contribution in [1.82, 2.24) is 19.5 Å². The summed E-state index contributed by atoms with van der Waals surface area (Å²) in [6.07, 6.45) is 5.00. The first-order chi connectivity index (χ1) is 9.56. The predicted molar refractivity (Wildman–Crippen MR) is 74.9 cm³/mol. The molecule has 2 aromatic rings. The van der Waals surface area contributed by atoms with Crippen LogP contribution in [0.4, 0.5) is 5.82 Å². The molecular weight excluding hydrogens is 280 g/mol. The second kappa shape index (κ2) is 4.90. The van der Waals surface area contributed by atoms with Crippen molar-refractivity contribution in [3.05, 3.63) is 11.6 Å². The number of imidazole rings is 1. The monoisotopic (exact) mass is 294 g/mol. The van der Waals surface area contributed by atoms with E-state index in [0.29, 0.717) is 11.2 Å². The van der Waals surface area contributed by atoms with Gasteiger partial charge in [0.25, 0.3) is 0 Å². The molecule has 0 aliphatic heterocycles. The zero-order chi connectivity index (χ0) is 14.3. The molecule has 0 bridgehead atoms. The van der Waals surface area contributed by atoms with Crippen molar-refractivity contribution in [2.75, 3.05) is 5.73 Å². The Labute approximate surface area is 120 Å². The van der Waals surface area contributed by atoms with E-state index in [1.807, 2.05) is 4.57 Å². The number of aromatic nitrogens is 4. The second-order valence-corrected chi connectivity index (χ2v) is 5.45. The number of nitrogens with two attached hydrogens (primary N) is 2. The number of amides is 1. The lowest BCUT2D eigenvalue weighted by molar-refractivity contribution is -0.122. The van der Waals surface area contributed by atoms with Gasteiger partial charge in [-0.3, -0.25) is 4.79 Å². The Morgan fingerprint density at radius 1 is 1.30 bits per heavy atom. The van der Waals surface area contributed by atoms with E-state index in [1.165, 1.54) is 0 Å². The topological polar surface area (TPSA) is 113 Å². The Balaban J connectivity index is 1.90. The summed E-state index contributed by atoms with van der Waals surface area (Å²) in [5, 5.41) is 0.113. The minimum Gasteiger partial charge on any atom is -0.382 e. The summed E-state index contributed by atoms with van der Waals surface area (Å²) >= 11 is 5.85. The van der Waals surface area contributed by atoms with Crippen LogP contribution in [0.5, 0.6) is 0 Å². The van der Waals surface area contributed by atoms with Crippen molar-refractivity contribution in [2.24, 2.45) is 11.7 Å². The predicted octanol–water partition coefficient (Wildman–Crippen LogP) is 1.28. The van der Waals surface area contributed by atoms with E-state index in [1.54, 1.807) is 6.33 Å². The van der Waals surface area contributed by atoms with Gasteiger partial charge < -0.3 is 16.0 Å². The third kappa shape index (κ3) is 2.18. The van der Waals surface area contributed by atoms with E-state index in [-0.39, 0.29) is 29.0 Å². The van der Waals surface area contributed by atoms with Gasteiger partial charge in [0.15, 0.2) is 11.5 Å². The van der Waals surface area contributed by atoms with Crippen LogP contribution in [0.1, 0.15) is 31.7 Å². The van der Waals surface area contributed by atoms with E-state index in [9.17, 15) is 4.79 Å². The number of rotatable bonds is 2. The Bertz CT molecular complexity index is 661. The molecule has 106 valence electrons. The quantitative estimate of drug-likeness (QED) is 0.810. The molecule has 20 heavy (non-hydrogen) atoms. The number of nitrogen functional groups attached to an aromatic ring is 1. The fourth-order valence-electron chi connectivity index (χ4n) is 2.82. The molecule has 3 rings (SSSR count). The summed E-state index contributed by atoms with van der Waals surface area (Å²) in [4.78, 5) is 23.5. The van der Waals surface area contributed by atoms with Crippen molar-refractivity contribution in [3.8, 4) is 0 Å². The maximum Gasteiger partial charge on any atom is 0.226 e. The van der Waals surface area contributed by atoms with Crippen LogP contribution in [0.3, 0.4) is 0 Å². The molecule has 1 aliphatic carbocycles. The lowest BCUT2D eigenvalue weighted by atomic mass is 9.85. The summed E-state index contributed by atoms with van der Waals surface area (Å²) in [6, 6.07) is 0.237. The molecule has 0 radical (unpaired) electrons. The van der Waals surface area contributed by atoms with Crippen molar-refractivity contribution in [1.29, 1.82) is 0 Å². The first-order valence-electron chi connectivity index (χ1n) is 6.51. The fourth-order valence-corrected chi connectivity index (χ4v) is 2.99. The van der Waals surface area contributed by atoms with Crippen LogP contribution in [0.2, 0.25) is 5.28 Å². The minimum absolute atomic E-state index is 0.0238. The zero-order valence-corrected chi connectivity index (χ0v) is 11.5. The van der Waals surface area contributed by atoms with Crippen LogP contribution >= 0.6 is 11.6 Å². The molecule has 7 nitrogen and oxygen atoms in total. The maximum atomic E-state index is 11.2. The molecule has 1 aliphatic rings. The van der Waals surface area contributed by atoms with Gasteiger partial charge in [0.2, 0.25) is 11.2 Å². The first-order valence-corrected chi connectivity index (χ1v) is 6.89. The molecule has 1 amide bonds. The number of carbonyl (C=O) groups excluding carboxylic acids is 1. The van der Waals surface area contributed by atoms with Gasteiger partial charge >= 0.3 is 0 Å². The largest absolute Gasteiger partial charge is 0.382 e. The van der Waals surface area contributed by atoms with Gasteiger partial charge in [-0.05, 0) is 37.3 Å². The molecule has 0 spiro atoms. The van der Waals surface area contributed by atoms with E-state index in [4.69, 9.17) is 23.1 Å². The number of anilines is 1. The number of halogens is 1. The van der Waals surface area contributed by atoms with E-state index in [0.717, 1.165) is 25.7 Å². The Morgan fingerprint density at radius 2 is 2.00 bits per heavy atom. The average Bonchev–Trinajstić information content (AvgIpc) is 2.82. The third-order valence-corrected chi connectivity index (χ3v) is 4.08. The number of nitrogens with zero attached hydrogens (tertiary/aromatic N) is 4. The molecule has 2 aromatic heterocycles. The summed E-state index contributed by atoms with van der Waals surface area (Å²) in [7, 11) is 0. The molecule has 0 atom stereocenters. The molecule has 0 unspecified atom stereocenters. The highest BCUT2D eigenvalue weighted by Crippen LogP contribution is 2.34. The first kappa shape index (κ1) is 13.1. The van der Waals surface area contributed by atoms with Gasteiger partial charge in [0.1, 0.15) is 5.52 Å². The molecule has 0 saturated heterocycles. The Kier molecular flexibility index (Phi) is 3.21. The van der Waals surface area contributed by atoms with Crippen LogP contribution in [-0.2, 0) is 4.79 Å². The number of carbonyl (C=O) groups is 1. The maximum absolute atomic E-state index is 11.2. The van der Waals surface area contributed by atoms with Crippen LogP contribution in [0.25, 0.3) is 11.2 Å². The Hall–Kier alpha value is -1.89. The molecular formula is C12H15ClN6O. The van der Waals surface area contributed by atoms with E-state index < -0.39 is 0 Å². The number of primary amides is 1. The number of hydrogen-bond donors (Lipinski definition) is 2. The highest BCUT2D eigenvalue weighted by molar-refractivity contribution is 6.28. The third-order valence-electron chi connectivity index (χ3n) is 3.91. The second-order valence-electron chi connectivity index (χ2n) is 5.11. The van der Waals surface area contributed by atoms with E-state index in [2.05, 4.69) is 15.0 Å². The molecule has 1 saturated carbocycles. The lowest BCUT2D eigenvalue weighted by Gasteiger charge is -2.27. The van der Waals surface area contributed by atoms with Crippen molar-refractivity contribution in [3.63, 3.8) is 0 Å². The fraction of sp³-hybridized carbons (Fsp3) is 0.500. The van der Waals surface area contributed by atoms with Crippen molar-refractivity contribution in [2.45, 2.75) is 31.7 Å². The molecule has 0 aromatic carbocycles. The highest BCUT2D eigenvalue weighted by Gasteiger charge is 2.27. The number of fused-ring (bicyclic) bond motifs is 1. The van der Waals surface area contributed by atoms with Crippen LogP contribution in [0.15, 0.2) is 6.33 Å². The summed E-state index contributed by atoms with van der Waals surface area (Å²) in [5.41, 5.74) is 12.3. The highest BCUT2D eigenvalue weighted by atomic mass is 35.5. The summed E-state index contributed by atoms with van der Waals surface area (Å²) < 4.78 is 1.97. The van der Waals surface area contributed by atoms with Gasteiger partial charge in [0.05, 0.1) is 6.33 Å². The van der Waals surface area contributed by atoms with Crippen molar-refractivity contribution < 1.29 is 4.79 Å². The standard InChI is InChI=1S/C12H15ClN6O/c13-12-17-9(14)8-11(18-12)19(5-16-8)7-3-1-6(2-4-7)10(15)20/h5-7H,1-4H2,(H2,15,20)(H2,14,17,18). The summed E-state index contributed by atoms with van der Waals surface area (Å²) in [6.45, 7) is 0. The van der Waals surface area contributed by atoms with Gasteiger partial charge in [-0.2, -0.15) is 9.97 Å². The average molecular weight is 295 g/mol. The minimum atomic E-state index is -0.214. The van der Waals surface area contributed by atoms with Gasteiger partial charge in [0, 0.05) is 12.0 Å². The molecule has 1 fully saturated rings. The molecule has 2 heterocycles. The Morgan fingerprint density at radius 3 is 2.65 bits per heavy atom. The normalized spacial score (nSPS) is 23.1. The van der Waals surface area contributed by atoms with Gasteiger partial charge in [-0.25, -0.2) is 4.98 Å².